The minimum atomic E-state index is -0.680. The van der Waals surface area contributed by atoms with Crippen molar-refractivity contribution in [2.24, 2.45) is 0 Å². The van der Waals surface area contributed by atoms with Crippen molar-refractivity contribution in [2.45, 2.75) is 6.92 Å². The van der Waals surface area contributed by atoms with Gasteiger partial charge in [0.05, 0.1) is 14.2 Å². The van der Waals surface area contributed by atoms with Gasteiger partial charge in [-0.1, -0.05) is 5.16 Å². The fourth-order valence-electron chi connectivity index (χ4n) is 2.02. The van der Waals surface area contributed by atoms with E-state index in [-0.39, 0.29) is 5.82 Å². The average molecular weight is 371 g/mol. The molecule has 0 fully saturated rings. The molecule has 2 N–H and O–H groups in total. The van der Waals surface area contributed by atoms with Gasteiger partial charge in [-0.25, -0.2) is 8.78 Å². The molecule has 0 radical (unpaired) electrons. The number of nitrogens with two attached hydrogens (primary N) is 1. The summed E-state index contributed by atoms with van der Waals surface area (Å²) in [7, 11) is 0. The molecule has 3 nitrogen and oxygen atoms in total. The first-order valence-electron chi connectivity index (χ1n) is 5.93. The van der Waals surface area contributed by atoms with Crippen molar-refractivity contribution < 1.29 is 13.3 Å². The number of hydrogen-bond acceptors (Lipinski definition) is 4. The summed E-state index contributed by atoms with van der Waals surface area (Å²) in [5.41, 5.74) is 7.51. The fourth-order valence-corrected chi connectivity index (χ4v) is 3.54. The molecule has 3 rings (SSSR count). The Hall–Kier alpha value is -1.73. The Morgan fingerprint density at radius 3 is 2.43 bits per heavy atom. The predicted molar refractivity (Wildman–Crippen MR) is 82.0 cm³/mol. The van der Waals surface area contributed by atoms with E-state index in [9.17, 15) is 8.78 Å². The van der Waals surface area contributed by atoms with Crippen LogP contribution in [0.5, 0.6) is 0 Å². The number of rotatable bonds is 2. The highest BCUT2D eigenvalue weighted by Gasteiger charge is 2.21. The standard InChI is InChI=1S/C14H9BrF2N2OS/c1-6-2-10(21-13(6)15)12-11(14(18)19-20-12)7-3-8(16)5-9(17)4-7/h2-5H,1H3,(H2,18,19). The molecule has 3 aromatic rings. The number of anilines is 1. The number of aromatic nitrogens is 1. The molecule has 0 atom stereocenters. The number of nitrogens with zero attached hydrogens (tertiary/aromatic N) is 1. The molecule has 0 aliphatic heterocycles. The van der Waals surface area contributed by atoms with Gasteiger partial charge in [-0.3, -0.25) is 0 Å². The van der Waals surface area contributed by atoms with Crippen LogP contribution in [0.25, 0.3) is 21.8 Å². The minimum Gasteiger partial charge on any atom is -0.380 e. The highest BCUT2D eigenvalue weighted by Crippen LogP contribution is 2.42. The van der Waals surface area contributed by atoms with Crippen LogP contribution in [-0.4, -0.2) is 5.16 Å². The molecular weight excluding hydrogens is 362 g/mol. The van der Waals surface area contributed by atoms with Gasteiger partial charge in [0.1, 0.15) is 11.6 Å². The maximum absolute atomic E-state index is 13.4. The lowest BCUT2D eigenvalue weighted by molar-refractivity contribution is 0.437. The molecule has 0 unspecified atom stereocenters. The Kier molecular flexibility index (Phi) is 3.54. The molecule has 21 heavy (non-hydrogen) atoms. The number of hydrogen-bond donors (Lipinski definition) is 1. The van der Waals surface area contributed by atoms with Crippen LogP contribution in [0, 0.1) is 18.6 Å². The maximum atomic E-state index is 13.4. The summed E-state index contributed by atoms with van der Waals surface area (Å²) in [5, 5.41) is 3.72. The Bertz CT molecular complexity index is 789. The molecule has 1 aromatic carbocycles. The van der Waals surface area contributed by atoms with Crippen molar-refractivity contribution in [3.8, 4) is 21.8 Å². The molecule has 2 aromatic heterocycles. The molecular formula is C14H9BrF2N2OS. The van der Waals surface area contributed by atoms with Crippen LogP contribution in [0.15, 0.2) is 32.6 Å². The number of benzene rings is 1. The summed E-state index contributed by atoms with van der Waals surface area (Å²) in [6.07, 6.45) is 0. The van der Waals surface area contributed by atoms with Gasteiger partial charge in [0, 0.05) is 6.07 Å². The number of halogens is 3. The Balaban J connectivity index is 2.21. The lowest BCUT2D eigenvalue weighted by Gasteiger charge is -2.02. The normalized spacial score (nSPS) is 11.0. The van der Waals surface area contributed by atoms with Gasteiger partial charge in [-0.2, -0.15) is 0 Å². The van der Waals surface area contributed by atoms with Gasteiger partial charge in [-0.05, 0) is 52.2 Å². The van der Waals surface area contributed by atoms with Crippen LogP contribution in [0.4, 0.5) is 14.6 Å². The largest absolute Gasteiger partial charge is 0.380 e. The molecule has 7 heteroatoms. The van der Waals surface area contributed by atoms with Crippen LogP contribution in [0.3, 0.4) is 0 Å². The van der Waals surface area contributed by atoms with E-state index in [1.807, 2.05) is 13.0 Å². The second kappa shape index (κ2) is 5.23. The molecule has 0 spiro atoms. The zero-order chi connectivity index (χ0) is 15.1. The zero-order valence-electron chi connectivity index (χ0n) is 10.8. The van der Waals surface area contributed by atoms with Crippen LogP contribution >= 0.6 is 27.3 Å². The first kappa shape index (κ1) is 14.2. The lowest BCUT2D eigenvalue weighted by atomic mass is 10.0. The number of aryl methyl sites for hydroxylation is 1. The van der Waals surface area contributed by atoms with E-state index in [2.05, 4.69) is 21.1 Å². The highest BCUT2D eigenvalue weighted by molar-refractivity contribution is 9.11. The van der Waals surface area contributed by atoms with Gasteiger partial charge < -0.3 is 10.3 Å². The third-order valence-electron chi connectivity index (χ3n) is 2.95. The van der Waals surface area contributed by atoms with Gasteiger partial charge in [-0.15, -0.1) is 11.3 Å². The quantitative estimate of drug-likeness (QED) is 0.690. The van der Waals surface area contributed by atoms with E-state index in [4.69, 9.17) is 10.3 Å². The Labute approximate surface area is 131 Å². The van der Waals surface area contributed by atoms with Crippen molar-refractivity contribution in [1.82, 2.24) is 5.16 Å². The maximum Gasteiger partial charge on any atom is 0.186 e. The fraction of sp³-hybridized carbons (Fsp3) is 0.0714. The van der Waals surface area contributed by atoms with Crippen molar-refractivity contribution in [3.05, 3.63) is 45.2 Å². The molecule has 0 aliphatic rings. The van der Waals surface area contributed by atoms with E-state index in [1.165, 1.54) is 23.5 Å². The second-order valence-electron chi connectivity index (χ2n) is 4.50. The van der Waals surface area contributed by atoms with Crippen molar-refractivity contribution in [2.75, 3.05) is 5.73 Å². The van der Waals surface area contributed by atoms with Gasteiger partial charge in [0.15, 0.2) is 11.6 Å². The Morgan fingerprint density at radius 2 is 1.86 bits per heavy atom. The molecule has 108 valence electrons. The van der Waals surface area contributed by atoms with Crippen molar-refractivity contribution >= 4 is 33.1 Å². The topological polar surface area (TPSA) is 52.0 Å². The van der Waals surface area contributed by atoms with Crippen LogP contribution < -0.4 is 5.73 Å². The molecule has 0 bridgehead atoms. The molecule has 2 heterocycles. The van der Waals surface area contributed by atoms with E-state index in [0.29, 0.717) is 16.9 Å². The van der Waals surface area contributed by atoms with E-state index in [1.54, 1.807) is 0 Å². The second-order valence-corrected chi connectivity index (χ2v) is 6.87. The summed E-state index contributed by atoms with van der Waals surface area (Å²) in [4.78, 5) is 0.781. The number of thiophene rings is 1. The van der Waals surface area contributed by atoms with E-state index >= 15 is 0 Å². The van der Waals surface area contributed by atoms with Gasteiger partial charge >= 0.3 is 0 Å². The smallest absolute Gasteiger partial charge is 0.186 e. The van der Waals surface area contributed by atoms with Gasteiger partial charge in [0.25, 0.3) is 0 Å². The molecule has 0 aliphatic carbocycles. The third kappa shape index (κ3) is 2.58. The molecule has 0 amide bonds. The zero-order valence-corrected chi connectivity index (χ0v) is 13.2. The lowest BCUT2D eigenvalue weighted by Crippen LogP contribution is -1.90. The minimum absolute atomic E-state index is 0.0946. The van der Waals surface area contributed by atoms with E-state index < -0.39 is 11.6 Å². The summed E-state index contributed by atoms with van der Waals surface area (Å²) >= 11 is 4.87. The third-order valence-corrected chi connectivity index (χ3v) is 5.09. The summed E-state index contributed by atoms with van der Waals surface area (Å²) in [6.45, 7) is 1.94. The van der Waals surface area contributed by atoms with E-state index in [0.717, 1.165) is 20.3 Å². The van der Waals surface area contributed by atoms with Crippen LogP contribution in [0.1, 0.15) is 5.56 Å². The molecule has 0 saturated carbocycles. The average Bonchev–Trinajstić information content (AvgIpc) is 2.92. The van der Waals surface area contributed by atoms with Gasteiger partial charge in [0.2, 0.25) is 0 Å². The number of nitrogen functional groups attached to an aromatic ring is 1. The van der Waals surface area contributed by atoms with Crippen LogP contribution in [0.2, 0.25) is 0 Å². The molecule has 0 saturated heterocycles. The SMILES string of the molecule is Cc1cc(-c2onc(N)c2-c2cc(F)cc(F)c2)sc1Br. The first-order valence-corrected chi connectivity index (χ1v) is 7.54. The van der Waals surface area contributed by atoms with Crippen LogP contribution in [-0.2, 0) is 0 Å². The predicted octanol–water partition coefficient (Wildman–Crippen LogP) is 5.00. The first-order chi connectivity index (χ1) is 9.95. The Morgan fingerprint density at radius 1 is 1.19 bits per heavy atom. The summed E-state index contributed by atoms with van der Waals surface area (Å²) < 4.78 is 33.0. The summed E-state index contributed by atoms with van der Waals surface area (Å²) in [6, 6.07) is 5.10. The summed E-state index contributed by atoms with van der Waals surface area (Å²) in [5.74, 6) is -0.867. The monoisotopic (exact) mass is 370 g/mol. The highest BCUT2D eigenvalue weighted by atomic mass is 79.9. The van der Waals surface area contributed by atoms with Crippen molar-refractivity contribution in [1.29, 1.82) is 0 Å². The van der Waals surface area contributed by atoms with Crippen molar-refractivity contribution in [3.63, 3.8) is 0 Å².